The summed E-state index contributed by atoms with van der Waals surface area (Å²) in [7, 11) is 1.68. The molecule has 0 aromatic heterocycles. The van der Waals surface area contributed by atoms with Gasteiger partial charge in [0, 0.05) is 21.8 Å². The molecule has 0 heterocycles. The van der Waals surface area contributed by atoms with Gasteiger partial charge in [-0.1, -0.05) is 30.3 Å². The number of aldehydes is 1. The van der Waals surface area contributed by atoms with Gasteiger partial charge in [0.25, 0.3) is 0 Å². The van der Waals surface area contributed by atoms with E-state index in [0.29, 0.717) is 5.56 Å². The van der Waals surface area contributed by atoms with Gasteiger partial charge in [0.2, 0.25) is 0 Å². The Balaban J connectivity index is 2.08. The number of thioether (sulfide) groups is 1. The molecule has 2 aromatic carbocycles. The topological polar surface area (TPSA) is 26.3 Å². The van der Waals surface area contributed by atoms with E-state index in [4.69, 9.17) is 4.74 Å². The van der Waals surface area contributed by atoms with Crippen LogP contribution in [-0.2, 0) is 5.75 Å². The minimum Gasteiger partial charge on any atom is -0.496 e. The number of rotatable bonds is 5. The lowest BCUT2D eigenvalue weighted by molar-refractivity contribution is 0.112. The number of para-hydroxylation sites is 1. The first-order chi connectivity index (χ1) is 8.83. The van der Waals surface area contributed by atoms with Crippen LogP contribution in [0.3, 0.4) is 0 Å². The van der Waals surface area contributed by atoms with Crippen molar-refractivity contribution in [3.8, 4) is 5.75 Å². The first-order valence-corrected chi connectivity index (χ1v) is 6.62. The van der Waals surface area contributed by atoms with Crippen molar-refractivity contribution in [2.24, 2.45) is 0 Å². The Kier molecular flexibility index (Phi) is 4.42. The van der Waals surface area contributed by atoms with Crippen LogP contribution in [0.1, 0.15) is 15.9 Å². The lowest BCUT2D eigenvalue weighted by Crippen LogP contribution is -1.89. The summed E-state index contributed by atoms with van der Waals surface area (Å²) in [4.78, 5) is 11.8. The molecule has 0 N–H and O–H groups in total. The lowest BCUT2D eigenvalue weighted by atomic mass is 10.2. The van der Waals surface area contributed by atoms with Gasteiger partial charge >= 0.3 is 0 Å². The molecule has 0 saturated heterocycles. The monoisotopic (exact) mass is 258 g/mol. The predicted molar refractivity (Wildman–Crippen MR) is 74.4 cm³/mol. The zero-order valence-corrected chi connectivity index (χ0v) is 10.9. The van der Waals surface area contributed by atoms with Gasteiger partial charge in [-0.25, -0.2) is 0 Å². The molecule has 92 valence electrons. The van der Waals surface area contributed by atoms with Gasteiger partial charge in [0.15, 0.2) is 0 Å². The maximum absolute atomic E-state index is 10.7. The normalized spacial score (nSPS) is 10.1. The van der Waals surface area contributed by atoms with Crippen molar-refractivity contribution in [1.29, 1.82) is 0 Å². The molecule has 0 radical (unpaired) electrons. The fraction of sp³-hybridized carbons (Fsp3) is 0.133. The third-order valence-corrected chi connectivity index (χ3v) is 3.62. The summed E-state index contributed by atoms with van der Waals surface area (Å²) < 4.78 is 5.31. The molecule has 2 aromatic rings. The summed E-state index contributed by atoms with van der Waals surface area (Å²) >= 11 is 1.69. The molecule has 0 aliphatic carbocycles. The molecular weight excluding hydrogens is 244 g/mol. The molecule has 0 amide bonds. The highest BCUT2D eigenvalue weighted by Gasteiger charge is 2.03. The number of carbonyl (C=O) groups excluding carboxylic acids is 1. The minimum atomic E-state index is 0.708. The van der Waals surface area contributed by atoms with E-state index >= 15 is 0 Å². The Labute approximate surface area is 111 Å². The number of hydrogen-bond donors (Lipinski definition) is 0. The van der Waals surface area contributed by atoms with Crippen LogP contribution in [-0.4, -0.2) is 13.4 Å². The molecule has 0 saturated carbocycles. The first-order valence-electron chi connectivity index (χ1n) is 5.63. The molecule has 0 bridgehead atoms. The quantitative estimate of drug-likeness (QED) is 0.602. The fourth-order valence-corrected chi connectivity index (χ4v) is 2.62. The van der Waals surface area contributed by atoms with Crippen molar-refractivity contribution in [1.82, 2.24) is 0 Å². The minimum absolute atomic E-state index is 0.708. The first kappa shape index (κ1) is 12.7. The summed E-state index contributed by atoms with van der Waals surface area (Å²) in [6.07, 6.45) is 0.868. The van der Waals surface area contributed by atoms with Crippen molar-refractivity contribution in [3.05, 3.63) is 59.7 Å². The molecule has 3 heteroatoms. The highest BCUT2D eigenvalue weighted by Crippen LogP contribution is 2.27. The third-order valence-electron chi connectivity index (χ3n) is 2.58. The van der Waals surface area contributed by atoms with E-state index < -0.39 is 0 Å². The van der Waals surface area contributed by atoms with Crippen molar-refractivity contribution < 1.29 is 9.53 Å². The van der Waals surface area contributed by atoms with Crippen LogP contribution in [0.4, 0.5) is 0 Å². The van der Waals surface area contributed by atoms with Gasteiger partial charge in [0.1, 0.15) is 12.0 Å². The molecule has 0 unspecified atom stereocenters. The Hall–Kier alpha value is -1.74. The molecule has 0 aliphatic rings. The second-order valence-corrected chi connectivity index (χ2v) is 4.84. The van der Waals surface area contributed by atoms with Crippen molar-refractivity contribution >= 4 is 18.0 Å². The van der Waals surface area contributed by atoms with E-state index in [1.54, 1.807) is 24.9 Å². The van der Waals surface area contributed by atoms with E-state index in [2.05, 4.69) is 6.07 Å². The highest BCUT2D eigenvalue weighted by molar-refractivity contribution is 7.98. The SMILES string of the molecule is COc1ccccc1CSc1cccc(C=O)c1. The van der Waals surface area contributed by atoms with Crippen LogP contribution in [0.15, 0.2) is 53.4 Å². The van der Waals surface area contributed by atoms with Gasteiger partial charge in [-0.2, -0.15) is 0 Å². The maximum Gasteiger partial charge on any atom is 0.150 e. The van der Waals surface area contributed by atoms with E-state index in [1.807, 2.05) is 36.4 Å². The Morgan fingerprint density at radius 3 is 2.78 bits per heavy atom. The molecule has 0 aliphatic heterocycles. The van der Waals surface area contributed by atoms with Crippen LogP contribution in [0.2, 0.25) is 0 Å². The van der Waals surface area contributed by atoms with Gasteiger partial charge in [0.05, 0.1) is 7.11 Å². The molecule has 0 spiro atoms. The second kappa shape index (κ2) is 6.26. The van der Waals surface area contributed by atoms with Crippen molar-refractivity contribution in [3.63, 3.8) is 0 Å². The van der Waals surface area contributed by atoms with Crippen LogP contribution < -0.4 is 4.74 Å². The van der Waals surface area contributed by atoms with Crippen LogP contribution in [0.5, 0.6) is 5.75 Å². The molecule has 2 rings (SSSR count). The van der Waals surface area contributed by atoms with Gasteiger partial charge in [-0.05, 0) is 18.2 Å². The van der Waals surface area contributed by atoms with Crippen LogP contribution in [0.25, 0.3) is 0 Å². The van der Waals surface area contributed by atoms with Crippen molar-refractivity contribution in [2.45, 2.75) is 10.6 Å². The van der Waals surface area contributed by atoms with E-state index in [-0.39, 0.29) is 0 Å². The zero-order valence-electron chi connectivity index (χ0n) is 10.1. The van der Waals surface area contributed by atoms with Gasteiger partial charge in [-0.3, -0.25) is 4.79 Å². The number of hydrogen-bond acceptors (Lipinski definition) is 3. The van der Waals surface area contributed by atoms with Gasteiger partial charge in [-0.15, -0.1) is 11.8 Å². The summed E-state index contributed by atoms with van der Waals surface area (Å²) in [6, 6.07) is 15.6. The third kappa shape index (κ3) is 3.14. The zero-order chi connectivity index (χ0) is 12.8. The van der Waals surface area contributed by atoms with E-state index in [1.165, 1.54) is 0 Å². The van der Waals surface area contributed by atoms with Crippen molar-refractivity contribution in [2.75, 3.05) is 7.11 Å². The van der Waals surface area contributed by atoms with E-state index in [0.717, 1.165) is 28.2 Å². The lowest BCUT2D eigenvalue weighted by Gasteiger charge is -2.07. The number of benzene rings is 2. The Morgan fingerprint density at radius 2 is 2.00 bits per heavy atom. The Bertz CT molecular complexity index is 538. The number of carbonyl (C=O) groups is 1. The maximum atomic E-state index is 10.7. The van der Waals surface area contributed by atoms with Crippen LogP contribution in [0, 0.1) is 0 Å². The van der Waals surface area contributed by atoms with E-state index in [9.17, 15) is 4.79 Å². The predicted octanol–water partition coefficient (Wildman–Crippen LogP) is 3.80. The number of methoxy groups -OCH3 is 1. The summed E-state index contributed by atoms with van der Waals surface area (Å²) in [5.74, 6) is 1.73. The molecule has 2 nitrogen and oxygen atoms in total. The smallest absolute Gasteiger partial charge is 0.150 e. The number of ether oxygens (including phenoxy) is 1. The summed E-state index contributed by atoms with van der Waals surface area (Å²) in [6.45, 7) is 0. The highest BCUT2D eigenvalue weighted by atomic mass is 32.2. The second-order valence-electron chi connectivity index (χ2n) is 3.79. The molecule has 0 atom stereocenters. The average Bonchev–Trinajstić information content (AvgIpc) is 2.45. The summed E-state index contributed by atoms with van der Waals surface area (Å²) in [5, 5.41) is 0. The average molecular weight is 258 g/mol. The van der Waals surface area contributed by atoms with Gasteiger partial charge < -0.3 is 4.74 Å². The Morgan fingerprint density at radius 1 is 1.17 bits per heavy atom. The molecule has 18 heavy (non-hydrogen) atoms. The largest absolute Gasteiger partial charge is 0.496 e. The summed E-state index contributed by atoms with van der Waals surface area (Å²) in [5.41, 5.74) is 1.86. The molecule has 0 fully saturated rings. The fourth-order valence-electron chi connectivity index (χ4n) is 1.66. The molecular formula is C15H14O2S. The van der Waals surface area contributed by atoms with Crippen LogP contribution >= 0.6 is 11.8 Å². The standard InChI is InChI=1S/C15H14O2S/c1-17-15-8-3-2-6-13(15)11-18-14-7-4-5-12(9-14)10-16/h2-10H,11H2,1H3.